The van der Waals surface area contributed by atoms with Crippen molar-refractivity contribution in [1.29, 1.82) is 0 Å². The third-order valence-corrected chi connectivity index (χ3v) is 2.49. The Kier molecular flexibility index (Phi) is 6.36. The zero-order valence-electron chi connectivity index (χ0n) is 9.00. The molecule has 0 spiro atoms. The molecular weight excluding hydrogens is 256 g/mol. The van der Waals surface area contributed by atoms with Gasteiger partial charge in [-0.1, -0.05) is 0 Å². The van der Waals surface area contributed by atoms with Crippen molar-refractivity contribution in [1.82, 2.24) is 4.98 Å². The third-order valence-electron chi connectivity index (χ3n) is 2.06. The number of nitrogens with one attached hydrogen (secondary N) is 1. The quantitative estimate of drug-likeness (QED) is 0.775. The van der Waals surface area contributed by atoms with Crippen molar-refractivity contribution >= 4 is 21.6 Å². The number of methoxy groups -OCH3 is 1. The van der Waals surface area contributed by atoms with Crippen LogP contribution in [0.1, 0.15) is 19.3 Å². The molecule has 0 amide bonds. The first-order chi connectivity index (χ1) is 7.33. The number of hydrogen-bond acceptors (Lipinski definition) is 3. The molecule has 1 aromatic heterocycles. The highest BCUT2D eigenvalue weighted by atomic mass is 79.9. The normalized spacial score (nSPS) is 10.3. The predicted octanol–water partition coefficient (Wildman–Crippen LogP) is 3.07. The lowest BCUT2D eigenvalue weighted by atomic mass is 10.2. The smallest absolute Gasteiger partial charge is 0.0538 e. The van der Waals surface area contributed by atoms with E-state index in [9.17, 15) is 0 Å². The van der Waals surface area contributed by atoms with Crippen LogP contribution in [-0.2, 0) is 4.74 Å². The van der Waals surface area contributed by atoms with Crippen LogP contribution in [0.3, 0.4) is 0 Å². The van der Waals surface area contributed by atoms with Crippen LogP contribution in [0, 0.1) is 0 Å². The highest BCUT2D eigenvalue weighted by Gasteiger charge is 1.93. The lowest BCUT2D eigenvalue weighted by Crippen LogP contribution is -2.02. The summed E-state index contributed by atoms with van der Waals surface area (Å²) in [6, 6.07) is 2.03. The van der Waals surface area contributed by atoms with Crippen LogP contribution in [-0.4, -0.2) is 25.2 Å². The first kappa shape index (κ1) is 12.5. The van der Waals surface area contributed by atoms with Gasteiger partial charge in [-0.3, -0.25) is 4.98 Å². The SMILES string of the molecule is COCCCCCNc1cncc(Br)c1. The Morgan fingerprint density at radius 2 is 2.20 bits per heavy atom. The largest absolute Gasteiger partial charge is 0.385 e. The molecule has 0 radical (unpaired) electrons. The second-order valence-electron chi connectivity index (χ2n) is 3.37. The summed E-state index contributed by atoms with van der Waals surface area (Å²) in [5, 5.41) is 3.33. The van der Waals surface area contributed by atoms with Crippen LogP contribution in [0.15, 0.2) is 22.9 Å². The fourth-order valence-corrected chi connectivity index (χ4v) is 1.65. The van der Waals surface area contributed by atoms with Gasteiger partial charge in [-0.15, -0.1) is 0 Å². The second-order valence-corrected chi connectivity index (χ2v) is 4.29. The number of rotatable bonds is 7. The molecule has 0 aliphatic rings. The molecule has 0 aliphatic carbocycles. The Balaban J connectivity index is 2.10. The molecule has 1 N–H and O–H groups in total. The summed E-state index contributed by atoms with van der Waals surface area (Å²) >= 11 is 3.39. The monoisotopic (exact) mass is 272 g/mol. The minimum atomic E-state index is 0.860. The van der Waals surface area contributed by atoms with Crippen LogP contribution in [0.5, 0.6) is 0 Å². The summed E-state index contributed by atoms with van der Waals surface area (Å²) in [5.41, 5.74) is 1.07. The zero-order chi connectivity index (χ0) is 10.9. The Morgan fingerprint density at radius 3 is 2.93 bits per heavy atom. The van der Waals surface area contributed by atoms with E-state index in [2.05, 4.69) is 26.2 Å². The van der Waals surface area contributed by atoms with E-state index in [1.807, 2.05) is 12.3 Å². The number of halogens is 1. The van der Waals surface area contributed by atoms with Gasteiger partial charge in [-0.05, 0) is 41.3 Å². The van der Waals surface area contributed by atoms with Gasteiger partial charge in [0.05, 0.1) is 11.9 Å². The molecule has 0 saturated heterocycles. The fraction of sp³-hybridized carbons (Fsp3) is 0.545. The molecule has 0 aliphatic heterocycles. The number of ether oxygens (including phenoxy) is 1. The maximum atomic E-state index is 4.99. The Bertz CT molecular complexity index is 281. The highest BCUT2D eigenvalue weighted by molar-refractivity contribution is 9.10. The zero-order valence-corrected chi connectivity index (χ0v) is 10.6. The van der Waals surface area contributed by atoms with Crippen molar-refractivity contribution in [3.63, 3.8) is 0 Å². The first-order valence-electron chi connectivity index (χ1n) is 5.16. The molecule has 84 valence electrons. The molecule has 1 aromatic rings. The standard InChI is InChI=1S/C11H17BrN2O/c1-15-6-4-2-3-5-14-11-7-10(12)8-13-9-11/h7-9,14H,2-6H2,1H3. The van der Waals surface area contributed by atoms with Crippen molar-refractivity contribution in [3.8, 4) is 0 Å². The van der Waals surface area contributed by atoms with Crippen molar-refractivity contribution in [2.75, 3.05) is 25.6 Å². The average Bonchev–Trinajstić information content (AvgIpc) is 2.23. The summed E-state index contributed by atoms with van der Waals surface area (Å²) in [5.74, 6) is 0. The van der Waals surface area contributed by atoms with Crippen LogP contribution in [0.25, 0.3) is 0 Å². The first-order valence-corrected chi connectivity index (χ1v) is 5.95. The van der Waals surface area contributed by atoms with E-state index in [1.165, 1.54) is 6.42 Å². The van der Waals surface area contributed by atoms with Crippen molar-refractivity contribution in [3.05, 3.63) is 22.9 Å². The van der Waals surface area contributed by atoms with Crippen molar-refractivity contribution in [2.24, 2.45) is 0 Å². The van der Waals surface area contributed by atoms with Gasteiger partial charge in [0, 0.05) is 30.9 Å². The summed E-state index contributed by atoms with van der Waals surface area (Å²) in [6.07, 6.45) is 7.11. The van der Waals surface area contributed by atoms with Gasteiger partial charge in [-0.2, -0.15) is 0 Å². The number of hydrogen-bond donors (Lipinski definition) is 1. The van der Waals surface area contributed by atoms with Crippen LogP contribution in [0.4, 0.5) is 5.69 Å². The van der Waals surface area contributed by atoms with Gasteiger partial charge in [0.25, 0.3) is 0 Å². The van der Waals surface area contributed by atoms with Gasteiger partial charge < -0.3 is 10.1 Å². The Morgan fingerprint density at radius 1 is 1.33 bits per heavy atom. The average molecular weight is 273 g/mol. The van der Waals surface area contributed by atoms with E-state index in [-0.39, 0.29) is 0 Å². The Hall–Kier alpha value is -0.610. The van der Waals surface area contributed by atoms with Gasteiger partial charge >= 0.3 is 0 Å². The number of aromatic nitrogens is 1. The van der Waals surface area contributed by atoms with Gasteiger partial charge in [0.2, 0.25) is 0 Å². The maximum Gasteiger partial charge on any atom is 0.0538 e. The molecule has 0 fully saturated rings. The molecule has 3 nitrogen and oxygen atoms in total. The van der Waals surface area contributed by atoms with E-state index in [1.54, 1.807) is 13.3 Å². The van der Waals surface area contributed by atoms with E-state index >= 15 is 0 Å². The second kappa shape index (κ2) is 7.65. The molecule has 0 saturated carbocycles. The summed E-state index contributed by atoms with van der Waals surface area (Å²) in [7, 11) is 1.74. The number of anilines is 1. The van der Waals surface area contributed by atoms with Gasteiger partial charge in [0.15, 0.2) is 0 Å². The predicted molar refractivity (Wildman–Crippen MR) is 66.2 cm³/mol. The molecule has 0 unspecified atom stereocenters. The van der Waals surface area contributed by atoms with Crippen LogP contribution in [0.2, 0.25) is 0 Å². The van der Waals surface area contributed by atoms with Crippen molar-refractivity contribution in [2.45, 2.75) is 19.3 Å². The third kappa shape index (κ3) is 5.74. The maximum absolute atomic E-state index is 4.99. The molecule has 4 heteroatoms. The minimum Gasteiger partial charge on any atom is -0.385 e. The minimum absolute atomic E-state index is 0.860. The number of pyridine rings is 1. The molecule has 0 bridgehead atoms. The lowest BCUT2D eigenvalue weighted by Gasteiger charge is -2.05. The molecule has 0 aromatic carbocycles. The summed E-state index contributed by atoms with van der Waals surface area (Å²) in [4.78, 5) is 4.08. The molecule has 15 heavy (non-hydrogen) atoms. The molecular formula is C11H17BrN2O. The van der Waals surface area contributed by atoms with Gasteiger partial charge in [-0.25, -0.2) is 0 Å². The summed E-state index contributed by atoms with van der Waals surface area (Å²) in [6.45, 7) is 1.85. The molecule has 1 heterocycles. The molecule has 0 atom stereocenters. The lowest BCUT2D eigenvalue weighted by molar-refractivity contribution is 0.192. The van der Waals surface area contributed by atoms with Gasteiger partial charge in [0.1, 0.15) is 0 Å². The van der Waals surface area contributed by atoms with Crippen LogP contribution < -0.4 is 5.32 Å². The van der Waals surface area contributed by atoms with E-state index in [0.29, 0.717) is 0 Å². The van der Waals surface area contributed by atoms with Crippen molar-refractivity contribution < 1.29 is 4.74 Å². The van der Waals surface area contributed by atoms with E-state index in [4.69, 9.17) is 4.74 Å². The molecule has 1 rings (SSSR count). The van der Waals surface area contributed by atoms with E-state index in [0.717, 1.165) is 36.2 Å². The van der Waals surface area contributed by atoms with Crippen LogP contribution >= 0.6 is 15.9 Å². The number of nitrogens with zero attached hydrogens (tertiary/aromatic N) is 1. The summed E-state index contributed by atoms with van der Waals surface area (Å²) < 4.78 is 5.99. The number of unbranched alkanes of at least 4 members (excludes halogenated alkanes) is 2. The van der Waals surface area contributed by atoms with E-state index < -0.39 is 0 Å². The highest BCUT2D eigenvalue weighted by Crippen LogP contribution is 2.13. The topological polar surface area (TPSA) is 34.1 Å². The Labute approximate surface area is 99.4 Å². The fourth-order valence-electron chi connectivity index (χ4n) is 1.29.